The minimum Gasteiger partial charge on any atom is -0.348 e. The normalized spacial score (nSPS) is 24.1. The van der Waals surface area contributed by atoms with Gasteiger partial charge in [-0.2, -0.15) is 0 Å². The Kier molecular flexibility index (Phi) is 5.10. The lowest BCUT2D eigenvalue weighted by Gasteiger charge is -2.31. The van der Waals surface area contributed by atoms with Gasteiger partial charge in [-0.15, -0.1) is 0 Å². The lowest BCUT2D eigenvalue weighted by molar-refractivity contribution is -0.127. The van der Waals surface area contributed by atoms with Crippen LogP contribution in [0.15, 0.2) is 18.3 Å². The number of carbonyl (C=O) groups is 2. The van der Waals surface area contributed by atoms with Gasteiger partial charge in [0.1, 0.15) is 5.54 Å². The van der Waals surface area contributed by atoms with Crippen LogP contribution in [0.1, 0.15) is 24.6 Å². The number of aromatic nitrogens is 1. The molecule has 1 saturated heterocycles. The summed E-state index contributed by atoms with van der Waals surface area (Å²) in [5.74, 6) is -0.156. The molecule has 2 amide bonds. The Balaban J connectivity index is 2.13. The average Bonchev–Trinajstić information content (AvgIpc) is 2.85. The Hall–Kier alpha value is -1.99. The Morgan fingerprint density at radius 1 is 1.55 bits per heavy atom. The maximum absolute atomic E-state index is 12.3. The molecule has 0 radical (unpaired) electrons. The standard InChI is InChI=1S/C15H22N4O3/c1-4-15(13(21)17-14(18-15)22-3)9-19(10-20)8-12-6-5-7-16-11(12)2/h5-7,10,14,18H,4,8-9H2,1-3H3,(H,17,21). The van der Waals surface area contributed by atoms with Gasteiger partial charge in [-0.1, -0.05) is 13.0 Å². The van der Waals surface area contributed by atoms with E-state index in [9.17, 15) is 9.59 Å². The second-order valence-corrected chi connectivity index (χ2v) is 5.43. The van der Waals surface area contributed by atoms with Gasteiger partial charge in [-0.05, 0) is 25.0 Å². The topological polar surface area (TPSA) is 83.6 Å². The number of carbonyl (C=O) groups excluding carboxylic acids is 2. The first-order valence-corrected chi connectivity index (χ1v) is 7.26. The molecule has 120 valence electrons. The molecule has 2 N–H and O–H groups in total. The smallest absolute Gasteiger partial charge is 0.245 e. The van der Waals surface area contributed by atoms with E-state index in [4.69, 9.17) is 4.74 Å². The lowest BCUT2D eigenvalue weighted by atomic mass is 9.95. The highest BCUT2D eigenvalue weighted by atomic mass is 16.5. The van der Waals surface area contributed by atoms with E-state index in [1.54, 1.807) is 11.1 Å². The summed E-state index contributed by atoms with van der Waals surface area (Å²) in [6.07, 6.45) is 2.50. The summed E-state index contributed by atoms with van der Waals surface area (Å²) in [6.45, 7) is 4.49. The van der Waals surface area contributed by atoms with Crippen LogP contribution in [0, 0.1) is 6.92 Å². The van der Waals surface area contributed by atoms with Crippen molar-refractivity contribution in [1.82, 2.24) is 20.5 Å². The Morgan fingerprint density at radius 3 is 2.86 bits per heavy atom. The van der Waals surface area contributed by atoms with E-state index >= 15 is 0 Å². The van der Waals surface area contributed by atoms with Crippen LogP contribution in [-0.4, -0.2) is 47.7 Å². The number of methoxy groups -OCH3 is 1. The van der Waals surface area contributed by atoms with Crippen LogP contribution < -0.4 is 10.6 Å². The highest BCUT2D eigenvalue weighted by molar-refractivity contribution is 5.89. The van der Waals surface area contributed by atoms with Gasteiger partial charge in [-0.3, -0.25) is 19.9 Å². The van der Waals surface area contributed by atoms with E-state index in [1.807, 2.05) is 26.0 Å². The predicted molar refractivity (Wildman–Crippen MR) is 80.5 cm³/mol. The number of amides is 2. The number of aryl methyl sites for hydroxylation is 1. The molecule has 0 aromatic carbocycles. The zero-order valence-electron chi connectivity index (χ0n) is 13.1. The summed E-state index contributed by atoms with van der Waals surface area (Å²) in [5.41, 5.74) is 0.999. The second kappa shape index (κ2) is 6.85. The zero-order chi connectivity index (χ0) is 16.2. The fraction of sp³-hybridized carbons (Fsp3) is 0.533. The summed E-state index contributed by atoms with van der Waals surface area (Å²) in [5, 5.41) is 5.84. The quantitative estimate of drug-likeness (QED) is 0.701. The van der Waals surface area contributed by atoms with E-state index < -0.39 is 11.9 Å². The van der Waals surface area contributed by atoms with E-state index in [2.05, 4.69) is 15.6 Å². The zero-order valence-corrected chi connectivity index (χ0v) is 13.1. The van der Waals surface area contributed by atoms with Gasteiger partial charge in [-0.25, -0.2) is 0 Å². The largest absolute Gasteiger partial charge is 0.348 e. The number of hydrogen-bond donors (Lipinski definition) is 2. The van der Waals surface area contributed by atoms with Crippen molar-refractivity contribution in [2.45, 2.75) is 38.7 Å². The van der Waals surface area contributed by atoms with E-state index in [1.165, 1.54) is 7.11 Å². The molecule has 2 rings (SSSR count). The molecule has 2 unspecified atom stereocenters. The third kappa shape index (κ3) is 3.26. The number of rotatable bonds is 7. The summed E-state index contributed by atoms with van der Waals surface area (Å²) < 4.78 is 5.13. The molecule has 0 saturated carbocycles. The number of hydrogen-bond acceptors (Lipinski definition) is 5. The minimum absolute atomic E-state index is 0.156. The van der Waals surface area contributed by atoms with Crippen molar-refractivity contribution in [1.29, 1.82) is 0 Å². The van der Waals surface area contributed by atoms with Crippen LogP contribution in [0.4, 0.5) is 0 Å². The van der Waals surface area contributed by atoms with Gasteiger partial charge in [0.25, 0.3) is 0 Å². The molecule has 0 spiro atoms. The molecule has 22 heavy (non-hydrogen) atoms. The van der Waals surface area contributed by atoms with Crippen LogP contribution in [0.3, 0.4) is 0 Å². The van der Waals surface area contributed by atoms with Crippen LogP contribution in [-0.2, 0) is 20.9 Å². The number of nitrogens with zero attached hydrogens (tertiary/aromatic N) is 2. The summed E-state index contributed by atoms with van der Waals surface area (Å²) in [6, 6.07) is 3.76. The van der Waals surface area contributed by atoms with Crippen molar-refractivity contribution in [2.24, 2.45) is 0 Å². The maximum atomic E-state index is 12.3. The molecule has 0 bridgehead atoms. The average molecular weight is 306 g/mol. The van der Waals surface area contributed by atoms with Crippen LogP contribution >= 0.6 is 0 Å². The molecule has 7 heteroatoms. The lowest BCUT2D eigenvalue weighted by Crippen LogP contribution is -2.55. The fourth-order valence-corrected chi connectivity index (χ4v) is 2.60. The van der Waals surface area contributed by atoms with Gasteiger partial charge in [0, 0.05) is 32.1 Å². The SMILES string of the molecule is CCC1(CN(C=O)Cc2cccnc2C)NC(OC)NC1=O. The van der Waals surface area contributed by atoms with E-state index in [-0.39, 0.29) is 12.5 Å². The van der Waals surface area contributed by atoms with Crippen molar-refractivity contribution in [2.75, 3.05) is 13.7 Å². The van der Waals surface area contributed by atoms with Gasteiger partial charge in [0.2, 0.25) is 12.3 Å². The predicted octanol–water partition coefficient (Wildman–Crippen LogP) is 0.147. The van der Waals surface area contributed by atoms with Crippen molar-refractivity contribution in [3.05, 3.63) is 29.6 Å². The first-order chi connectivity index (χ1) is 10.5. The molecular weight excluding hydrogens is 284 g/mol. The van der Waals surface area contributed by atoms with Gasteiger partial charge < -0.3 is 15.0 Å². The van der Waals surface area contributed by atoms with E-state index in [0.29, 0.717) is 13.0 Å². The number of nitrogens with one attached hydrogen (secondary N) is 2. The van der Waals surface area contributed by atoms with Crippen LogP contribution in [0.5, 0.6) is 0 Å². The summed E-state index contributed by atoms with van der Waals surface area (Å²) in [4.78, 5) is 29.5. The van der Waals surface area contributed by atoms with E-state index in [0.717, 1.165) is 17.7 Å². The third-order valence-electron chi connectivity index (χ3n) is 4.06. The molecule has 1 aromatic heterocycles. The number of pyridine rings is 1. The molecule has 1 aliphatic heterocycles. The Labute approximate surface area is 130 Å². The highest BCUT2D eigenvalue weighted by Gasteiger charge is 2.46. The molecule has 7 nitrogen and oxygen atoms in total. The monoisotopic (exact) mass is 306 g/mol. The third-order valence-corrected chi connectivity index (χ3v) is 4.06. The van der Waals surface area contributed by atoms with Gasteiger partial charge in [0.05, 0.1) is 0 Å². The first-order valence-electron chi connectivity index (χ1n) is 7.26. The Morgan fingerprint density at radius 2 is 2.32 bits per heavy atom. The van der Waals surface area contributed by atoms with Gasteiger partial charge in [0.15, 0.2) is 6.35 Å². The maximum Gasteiger partial charge on any atom is 0.245 e. The molecule has 1 aromatic rings. The Bertz CT molecular complexity index is 551. The van der Waals surface area contributed by atoms with Gasteiger partial charge >= 0.3 is 0 Å². The fourth-order valence-electron chi connectivity index (χ4n) is 2.60. The van der Waals surface area contributed by atoms with Crippen molar-refractivity contribution in [3.8, 4) is 0 Å². The summed E-state index contributed by atoms with van der Waals surface area (Å²) in [7, 11) is 1.51. The molecular formula is C15H22N4O3. The minimum atomic E-state index is -0.836. The van der Waals surface area contributed by atoms with Crippen molar-refractivity contribution in [3.63, 3.8) is 0 Å². The summed E-state index contributed by atoms with van der Waals surface area (Å²) >= 11 is 0. The first kappa shape index (κ1) is 16.4. The molecule has 2 heterocycles. The van der Waals surface area contributed by atoms with Crippen molar-refractivity contribution < 1.29 is 14.3 Å². The molecule has 1 aliphatic rings. The highest BCUT2D eigenvalue weighted by Crippen LogP contribution is 2.20. The molecule has 2 atom stereocenters. The van der Waals surface area contributed by atoms with Crippen molar-refractivity contribution >= 4 is 12.3 Å². The van der Waals surface area contributed by atoms with Crippen LogP contribution in [0.25, 0.3) is 0 Å². The molecule has 0 aliphatic carbocycles. The van der Waals surface area contributed by atoms with Crippen LogP contribution in [0.2, 0.25) is 0 Å². The number of ether oxygens (including phenoxy) is 1. The molecule has 1 fully saturated rings. The second-order valence-electron chi connectivity index (χ2n) is 5.43.